The first-order valence-corrected chi connectivity index (χ1v) is 38.0. The Morgan fingerprint density at radius 2 is 0.589 bits per heavy atom. The summed E-state index contributed by atoms with van der Waals surface area (Å²) < 4.78 is 46.1. The topological polar surface area (TPSA) is 108 Å². The molecule has 16 bridgehead atoms. The van der Waals surface area contributed by atoms with Gasteiger partial charge in [-0.1, -0.05) is 177 Å². The normalized spacial score (nSPS) is 18.4. The van der Waals surface area contributed by atoms with Crippen LogP contribution >= 0.6 is 0 Å². The highest BCUT2D eigenvalue weighted by atomic mass is 28.4. The van der Waals surface area contributed by atoms with E-state index in [2.05, 4.69) is 191 Å². The fourth-order valence-corrected chi connectivity index (χ4v) is 15.1. The van der Waals surface area contributed by atoms with Crippen molar-refractivity contribution in [2.24, 2.45) is 0 Å². The number of carbonyl (C=O) groups is 2. The largest absolute Gasteiger partial charge is 0.544 e. The fourth-order valence-electron chi connectivity index (χ4n) is 11.7. The monoisotopic (exact) mass is 1240 g/mol. The molecule has 21 rings (SSSR count). The molecule has 0 N–H and O–H groups in total. The first-order chi connectivity index (χ1) is 42.8. The van der Waals surface area contributed by atoms with Crippen LogP contribution in [0, 0.1) is 0 Å². The molecule has 12 heteroatoms. The van der Waals surface area contributed by atoms with Gasteiger partial charge < -0.3 is 37.0 Å². The Balaban J connectivity index is 0.000000173. The zero-order valence-corrected chi connectivity index (χ0v) is 57.0. The van der Waals surface area contributed by atoms with Crippen LogP contribution in [0.1, 0.15) is 150 Å². The van der Waals surface area contributed by atoms with E-state index in [1.54, 1.807) is 24.3 Å². The third-order valence-electron chi connectivity index (χ3n) is 18.0. The van der Waals surface area contributed by atoms with E-state index < -0.39 is 29.2 Å². The molecule has 0 aromatic heterocycles. The fraction of sp³-hybridized carbons (Fsp3) is 0.359. The van der Waals surface area contributed by atoms with Gasteiger partial charge in [0.1, 0.15) is 34.5 Å². The van der Waals surface area contributed by atoms with E-state index in [4.69, 9.17) is 37.0 Å². The maximum absolute atomic E-state index is 12.6. The SMILES string of the molecule is CC1(C)c2ccc(cc2)CCCCOC(=O)Oc2ccc1cc2.CC1(C)c2ccc(cc2)CCCCO[Si](C)(C)Oc2ccc1cc2.CC1(C)c2ccc(cc2)OCCCC[Si](C)(C)Oc2ccc(cc2)C(C)(C)c2ccc(cc2)OC(=O)Oc2ccc1cc2. The van der Waals surface area contributed by atoms with Gasteiger partial charge in [0, 0.05) is 28.3 Å². The average Bonchev–Trinajstić information content (AvgIpc) is 1.02. The molecule has 0 amide bonds. The lowest BCUT2D eigenvalue weighted by Crippen LogP contribution is -2.38. The highest BCUT2D eigenvalue weighted by molar-refractivity contribution is 6.71. The van der Waals surface area contributed by atoms with Gasteiger partial charge in [0.15, 0.2) is 0 Å². The van der Waals surface area contributed by atoms with E-state index in [-0.39, 0.29) is 21.7 Å². The summed E-state index contributed by atoms with van der Waals surface area (Å²) in [6, 6.07) is 67.1. The minimum Gasteiger partial charge on any atom is -0.544 e. The third kappa shape index (κ3) is 17.7. The molecule has 0 spiro atoms. The second-order valence-electron chi connectivity index (χ2n) is 27.1. The minimum absolute atomic E-state index is 0.0163. The van der Waals surface area contributed by atoms with Gasteiger partial charge in [-0.05, 0) is 212 Å². The van der Waals surface area contributed by atoms with Gasteiger partial charge in [-0.15, -0.1) is 0 Å². The summed E-state index contributed by atoms with van der Waals surface area (Å²) in [7, 11) is -4.00. The summed E-state index contributed by atoms with van der Waals surface area (Å²) in [6.45, 7) is 28.3. The lowest BCUT2D eigenvalue weighted by atomic mass is 9.78. The first kappa shape index (κ1) is 66.5. The van der Waals surface area contributed by atoms with Gasteiger partial charge in [0.05, 0.1) is 13.2 Å². The smallest absolute Gasteiger partial charge is 0.519 e. The molecular weight excluding hydrogens is 1150 g/mol. The van der Waals surface area contributed by atoms with Crippen molar-refractivity contribution in [2.75, 3.05) is 19.8 Å². The van der Waals surface area contributed by atoms with Gasteiger partial charge in [-0.2, -0.15) is 0 Å². The van der Waals surface area contributed by atoms with Crippen LogP contribution in [0.15, 0.2) is 194 Å². The quantitative estimate of drug-likeness (QED) is 0.0827. The maximum atomic E-state index is 12.6. The van der Waals surface area contributed by atoms with Crippen molar-refractivity contribution in [1.29, 1.82) is 0 Å². The molecule has 13 heterocycles. The number of hydrogen-bond acceptors (Lipinski definition) is 10. The molecule has 13 aliphatic heterocycles. The van der Waals surface area contributed by atoms with Gasteiger partial charge in [0.2, 0.25) is 8.32 Å². The minimum atomic E-state index is -2.12. The second-order valence-corrected chi connectivity index (χ2v) is 34.6. The van der Waals surface area contributed by atoms with Crippen LogP contribution < -0.4 is 27.8 Å². The molecule has 0 aliphatic carbocycles. The number of rotatable bonds is 0. The maximum Gasteiger partial charge on any atom is 0.519 e. The molecule has 13 aliphatic rings. The summed E-state index contributed by atoms with van der Waals surface area (Å²) in [5.41, 5.74) is 11.8. The Morgan fingerprint density at radius 3 is 0.967 bits per heavy atom. The molecule has 0 unspecified atom stereocenters. The van der Waals surface area contributed by atoms with Crippen LogP contribution in [0.2, 0.25) is 32.2 Å². The van der Waals surface area contributed by atoms with E-state index in [0.29, 0.717) is 30.5 Å². The number of carbonyl (C=O) groups excluding carboxylic acids is 2. The van der Waals surface area contributed by atoms with Crippen molar-refractivity contribution in [2.45, 2.75) is 161 Å². The average molecular weight is 1250 g/mol. The third-order valence-corrected chi connectivity index (χ3v) is 22.0. The van der Waals surface area contributed by atoms with E-state index in [1.165, 1.54) is 44.5 Å². The van der Waals surface area contributed by atoms with Crippen LogP contribution in [0.5, 0.6) is 34.5 Å². The number of hydrogen-bond donors (Lipinski definition) is 0. The first-order valence-electron chi connectivity index (χ1n) is 32.1. The molecule has 0 atom stereocenters. The van der Waals surface area contributed by atoms with E-state index >= 15 is 0 Å². The predicted molar refractivity (Wildman–Crippen MR) is 366 cm³/mol. The summed E-state index contributed by atoms with van der Waals surface area (Å²) in [5.74, 6) is 4.07. The lowest BCUT2D eigenvalue weighted by molar-refractivity contribution is 0.0974. The number of fused-ring (bicyclic) bond motifs is 4. The van der Waals surface area contributed by atoms with E-state index in [0.717, 1.165) is 92.4 Å². The highest BCUT2D eigenvalue weighted by Gasteiger charge is 2.31. The van der Waals surface area contributed by atoms with E-state index in [1.807, 2.05) is 60.7 Å². The Bertz CT molecular complexity index is 3590. The Morgan fingerprint density at radius 1 is 0.300 bits per heavy atom. The Labute approximate surface area is 537 Å². The van der Waals surface area contributed by atoms with Gasteiger partial charge in [-0.3, -0.25) is 0 Å². The molecule has 90 heavy (non-hydrogen) atoms. The van der Waals surface area contributed by atoms with Crippen LogP contribution in [0.25, 0.3) is 0 Å². The van der Waals surface area contributed by atoms with Crippen molar-refractivity contribution in [1.82, 2.24) is 0 Å². The second kappa shape index (κ2) is 28.9. The molecule has 0 fully saturated rings. The predicted octanol–water partition coefficient (Wildman–Crippen LogP) is 20.0. The van der Waals surface area contributed by atoms with E-state index in [9.17, 15) is 9.59 Å². The number of benzene rings is 8. The van der Waals surface area contributed by atoms with Crippen LogP contribution in [-0.2, 0) is 43.7 Å². The van der Waals surface area contributed by atoms with Crippen molar-refractivity contribution in [3.63, 3.8) is 0 Å². The molecular formula is C78H92O10Si2. The number of aryl methyl sites for hydroxylation is 2. The van der Waals surface area contributed by atoms with Crippen LogP contribution in [0.3, 0.4) is 0 Å². The van der Waals surface area contributed by atoms with Crippen molar-refractivity contribution < 1.29 is 46.6 Å². The Hall–Kier alpha value is -7.91. The van der Waals surface area contributed by atoms with Crippen molar-refractivity contribution in [3.8, 4) is 34.5 Å². The molecule has 8 aromatic rings. The molecule has 0 radical (unpaired) electrons. The molecule has 8 aromatic carbocycles. The summed E-state index contributed by atoms with van der Waals surface area (Å²) in [6.07, 6.45) is 6.81. The molecule has 10 nitrogen and oxygen atoms in total. The van der Waals surface area contributed by atoms with Crippen LogP contribution in [-0.4, -0.2) is 49.0 Å². The molecule has 472 valence electrons. The summed E-state index contributed by atoms with van der Waals surface area (Å²) in [4.78, 5) is 24.2. The van der Waals surface area contributed by atoms with Gasteiger partial charge in [0.25, 0.3) is 0 Å². The number of ether oxygens (including phenoxy) is 5. The zero-order chi connectivity index (χ0) is 64.2. The summed E-state index contributed by atoms with van der Waals surface area (Å²) >= 11 is 0. The van der Waals surface area contributed by atoms with Crippen LogP contribution in [0.4, 0.5) is 9.59 Å². The summed E-state index contributed by atoms with van der Waals surface area (Å²) in [5, 5.41) is 0. The zero-order valence-electron chi connectivity index (χ0n) is 55.0. The molecule has 0 saturated heterocycles. The molecule has 0 saturated carbocycles. The van der Waals surface area contributed by atoms with Crippen molar-refractivity contribution >= 4 is 29.2 Å². The van der Waals surface area contributed by atoms with Crippen molar-refractivity contribution in [3.05, 3.63) is 250 Å². The lowest BCUT2D eigenvalue weighted by Gasteiger charge is -2.28. The van der Waals surface area contributed by atoms with Gasteiger partial charge >= 0.3 is 20.9 Å². The van der Waals surface area contributed by atoms with Gasteiger partial charge in [-0.25, -0.2) is 9.59 Å². The highest BCUT2D eigenvalue weighted by Crippen LogP contribution is 2.38. The standard InChI is InChI=1S/C37H42O5Si.C21H28O2Si.C20H22O3/c1-36(2)27-9-17-31(18-10-27)39-25-7-8-26-43(5,6)42-34-23-15-30(16-24-34)37(3,4)29-13-21-33(22-14-29)41-35(38)40-32-19-11-28(36)12-20-32;1-21(2)18-10-8-17(9-11-18)7-5-6-16-22-24(3,4)23-20-14-12-19(21)13-15-20;1-20(2)16-8-6-15(7-9-16)5-3-4-14-22-19(21)23-18-12-10-17(20)11-13-18/h9-24H,7-8,25-26H2,1-6H3;8-15H,5-7,16H2,1-4H3;6-13H,3-5,14H2,1-2H3. The Kier molecular flexibility index (Phi) is 21.4.